The van der Waals surface area contributed by atoms with Gasteiger partial charge < -0.3 is 10.2 Å². The first-order chi connectivity index (χ1) is 12.4. The number of rotatable bonds is 5. The number of hydrogen-bond donors (Lipinski definition) is 2. The molecule has 1 saturated heterocycles. The van der Waals surface area contributed by atoms with E-state index in [0.29, 0.717) is 5.69 Å². The average molecular weight is 373 g/mol. The monoisotopic (exact) mass is 373 g/mol. The van der Waals surface area contributed by atoms with Gasteiger partial charge in [0.15, 0.2) is 0 Å². The van der Waals surface area contributed by atoms with Crippen molar-refractivity contribution >= 4 is 33.0 Å². The summed E-state index contributed by atoms with van der Waals surface area (Å²) in [4.78, 5) is 14.9. The van der Waals surface area contributed by atoms with E-state index in [4.69, 9.17) is 0 Å². The van der Waals surface area contributed by atoms with Crippen molar-refractivity contribution in [3.05, 3.63) is 54.1 Å². The summed E-state index contributed by atoms with van der Waals surface area (Å²) in [7, 11) is -3.46. The lowest BCUT2D eigenvalue weighted by atomic mass is 10.1. The van der Waals surface area contributed by atoms with E-state index in [1.165, 1.54) is 19.3 Å². The molecular formula is C19H23N3O3S. The fourth-order valence-electron chi connectivity index (χ4n) is 3.08. The predicted octanol–water partition coefficient (Wildman–Crippen LogP) is 3.30. The van der Waals surface area contributed by atoms with E-state index in [1.54, 1.807) is 24.3 Å². The third-order valence-electron chi connectivity index (χ3n) is 4.31. The number of anilines is 3. The Hall–Kier alpha value is -2.54. The van der Waals surface area contributed by atoms with Crippen LogP contribution in [0.5, 0.6) is 0 Å². The van der Waals surface area contributed by atoms with Crippen LogP contribution in [0.2, 0.25) is 0 Å². The van der Waals surface area contributed by atoms with Crippen molar-refractivity contribution in [3.8, 4) is 0 Å². The van der Waals surface area contributed by atoms with Crippen molar-refractivity contribution in [3.63, 3.8) is 0 Å². The number of hydrogen-bond acceptors (Lipinski definition) is 4. The number of carbonyl (C=O) groups is 1. The summed E-state index contributed by atoms with van der Waals surface area (Å²) in [6, 6.07) is 14.3. The van der Waals surface area contributed by atoms with Crippen molar-refractivity contribution in [1.82, 2.24) is 0 Å². The molecule has 6 nitrogen and oxygen atoms in total. The third-order valence-corrected chi connectivity index (χ3v) is 4.90. The Morgan fingerprint density at radius 1 is 0.962 bits per heavy atom. The quantitative estimate of drug-likeness (QED) is 0.843. The molecule has 2 N–H and O–H groups in total. The number of para-hydroxylation sites is 1. The molecule has 1 aliphatic rings. The molecule has 26 heavy (non-hydrogen) atoms. The number of nitrogens with zero attached hydrogens (tertiary/aromatic N) is 1. The summed E-state index contributed by atoms with van der Waals surface area (Å²) < 4.78 is 25.3. The molecule has 1 fully saturated rings. The topological polar surface area (TPSA) is 78.5 Å². The van der Waals surface area contributed by atoms with E-state index in [0.717, 1.165) is 25.0 Å². The van der Waals surface area contributed by atoms with Crippen molar-refractivity contribution in [2.75, 3.05) is 34.3 Å². The van der Waals surface area contributed by atoms with Crippen LogP contribution in [0.3, 0.4) is 0 Å². The molecule has 0 aliphatic carbocycles. The molecule has 7 heteroatoms. The number of carbonyl (C=O) groups excluding carboxylic acids is 1. The van der Waals surface area contributed by atoms with Crippen LogP contribution in [0.25, 0.3) is 0 Å². The van der Waals surface area contributed by atoms with E-state index in [9.17, 15) is 13.2 Å². The first-order valence-electron chi connectivity index (χ1n) is 8.65. The van der Waals surface area contributed by atoms with E-state index in [1.807, 2.05) is 24.3 Å². The maximum absolute atomic E-state index is 12.6. The molecule has 138 valence electrons. The Labute approximate surface area is 154 Å². The minimum absolute atomic E-state index is 0.262. The first kappa shape index (κ1) is 18.3. The highest BCUT2D eigenvalue weighted by Crippen LogP contribution is 2.23. The lowest BCUT2D eigenvalue weighted by molar-refractivity contribution is 0.102. The molecule has 2 aromatic rings. The van der Waals surface area contributed by atoms with Gasteiger partial charge in [-0.15, -0.1) is 0 Å². The molecule has 0 spiro atoms. The Balaban J connectivity index is 1.72. The first-order valence-corrected chi connectivity index (χ1v) is 10.5. The molecule has 2 aromatic carbocycles. The Kier molecular flexibility index (Phi) is 5.46. The zero-order valence-corrected chi connectivity index (χ0v) is 15.6. The van der Waals surface area contributed by atoms with Gasteiger partial charge in [-0.1, -0.05) is 12.1 Å². The summed E-state index contributed by atoms with van der Waals surface area (Å²) in [5.74, 6) is -0.359. The number of sulfonamides is 1. The van der Waals surface area contributed by atoms with Gasteiger partial charge in [-0.25, -0.2) is 8.42 Å². The minimum atomic E-state index is -3.46. The van der Waals surface area contributed by atoms with E-state index >= 15 is 0 Å². The molecule has 0 unspecified atom stereocenters. The molecule has 1 heterocycles. The van der Waals surface area contributed by atoms with Crippen molar-refractivity contribution < 1.29 is 13.2 Å². The Morgan fingerprint density at radius 2 is 1.62 bits per heavy atom. The van der Waals surface area contributed by atoms with Gasteiger partial charge in [0, 0.05) is 24.5 Å². The van der Waals surface area contributed by atoms with E-state index < -0.39 is 10.0 Å². The number of nitrogens with one attached hydrogen (secondary N) is 2. The zero-order chi connectivity index (χ0) is 18.6. The van der Waals surface area contributed by atoms with Gasteiger partial charge in [-0.2, -0.15) is 0 Å². The average Bonchev–Trinajstić information content (AvgIpc) is 2.62. The highest BCUT2D eigenvalue weighted by atomic mass is 32.2. The molecule has 0 radical (unpaired) electrons. The number of piperidine rings is 1. The summed E-state index contributed by atoms with van der Waals surface area (Å²) in [5, 5.41) is 2.82. The molecule has 3 rings (SSSR count). The van der Waals surface area contributed by atoms with Crippen LogP contribution in [0.15, 0.2) is 48.5 Å². The standard InChI is InChI=1S/C19H23N3O3S/c1-26(24,25)21-18-8-4-3-7-17(18)19(23)20-15-9-11-16(12-10-15)22-13-5-2-6-14-22/h3-4,7-12,21H,2,5-6,13-14H2,1H3,(H,20,23). The molecular weight excluding hydrogens is 350 g/mol. The third kappa shape index (κ3) is 4.76. The molecule has 0 atom stereocenters. The minimum Gasteiger partial charge on any atom is -0.372 e. The van der Waals surface area contributed by atoms with E-state index in [2.05, 4.69) is 14.9 Å². The van der Waals surface area contributed by atoms with Gasteiger partial charge in [0.25, 0.3) is 5.91 Å². The molecule has 0 aromatic heterocycles. The van der Waals surface area contributed by atoms with Crippen molar-refractivity contribution in [2.45, 2.75) is 19.3 Å². The Bertz CT molecular complexity index is 873. The predicted molar refractivity (Wildman–Crippen MR) is 105 cm³/mol. The molecule has 0 bridgehead atoms. The second-order valence-electron chi connectivity index (χ2n) is 6.47. The molecule has 1 aliphatic heterocycles. The van der Waals surface area contributed by atoms with Crippen LogP contribution in [0.4, 0.5) is 17.1 Å². The highest BCUT2D eigenvalue weighted by molar-refractivity contribution is 7.92. The largest absolute Gasteiger partial charge is 0.372 e. The van der Waals surface area contributed by atoms with Crippen LogP contribution in [0, 0.1) is 0 Å². The van der Waals surface area contributed by atoms with Gasteiger partial charge >= 0.3 is 0 Å². The van der Waals surface area contributed by atoms with Crippen LogP contribution >= 0.6 is 0 Å². The Morgan fingerprint density at radius 3 is 2.27 bits per heavy atom. The van der Waals surface area contributed by atoms with Gasteiger partial charge in [0.2, 0.25) is 10.0 Å². The number of amides is 1. The summed E-state index contributed by atoms with van der Waals surface area (Å²) in [6.45, 7) is 2.13. The van der Waals surface area contributed by atoms with Crippen LogP contribution in [-0.4, -0.2) is 33.7 Å². The summed E-state index contributed by atoms with van der Waals surface area (Å²) in [5.41, 5.74) is 2.36. The second kappa shape index (κ2) is 7.78. The van der Waals surface area contributed by atoms with Crippen LogP contribution in [-0.2, 0) is 10.0 Å². The SMILES string of the molecule is CS(=O)(=O)Nc1ccccc1C(=O)Nc1ccc(N2CCCCC2)cc1. The van der Waals surface area contributed by atoms with E-state index in [-0.39, 0.29) is 17.2 Å². The lowest BCUT2D eigenvalue weighted by Crippen LogP contribution is -2.29. The maximum Gasteiger partial charge on any atom is 0.257 e. The highest BCUT2D eigenvalue weighted by Gasteiger charge is 2.15. The van der Waals surface area contributed by atoms with Crippen molar-refractivity contribution in [1.29, 1.82) is 0 Å². The maximum atomic E-state index is 12.6. The lowest BCUT2D eigenvalue weighted by Gasteiger charge is -2.28. The van der Waals surface area contributed by atoms with Crippen molar-refractivity contribution in [2.24, 2.45) is 0 Å². The summed E-state index contributed by atoms with van der Waals surface area (Å²) in [6.07, 6.45) is 4.76. The van der Waals surface area contributed by atoms with Gasteiger partial charge in [-0.3, -0.25) is 9.52 Å². The van der Waals surface area contributed by atoms with Crippen LogP contribution in [0.1, 0.15) is 29.6 Å². The molecule has 0 saturated carbocycles. The number of benzene rings is 2. The molecule has 1 amide bonds. The van der Waals surface area contributed by atoms with Gasteiger partial charge in [-0.05, 0) is 55.7 Å². The van der Waals surface area contributed by atoms with Gasteiger partial charge in [0.05, 0.1) is 17.5 Å². The smallest absolute Gasteiger partial charge is 0.257 e. The second-order valence-corrected chi connectivity index (χ2v) is 8.22. The zero-order valence-electron chi connectivity index (χ0n) is 14.7. The normalized spacial score (nSPS) is 14.7. The summed E-state index contributed by atoms with van der Waals surface area (Å²) >= 11 is 0. The fraction of sp³-hybridized carbons (Fsp3) is 0.316. The fourth-order valence-corrected chi connectivity index (χ4v) is 3.65. The van der Waals surface area contributed by atoms with Crippen LogP contribution < -0.4 is 14.9 Å². The van der Waals surface area contributed by atoms with Gasteiger partial charge in [0.1, 0.15) is 0 Å².